The van der Waals surface area contributed by atoms with Crippen molar-refractivity contribution in [3.8, 4) is 5.75 Å². The summed E-state index contributed by atoms with van der Waals surface area (Å²) in [5.74, 6) is 0.451. The first-order valence-electron chi connectivity index (χ1n) is 6.15. The number of aliphatic hydroxyl groups excluding tert-OH is 1. The van der Waals surface area contributed by atoms with E-state index in [4.69, 9.17) is 20.2 Å². The Kier molecular flexibility index (Phi) is 6.68. The predicted molar refractivity (Wildman–Crippen MR) is 78.1 cm³/mol. The van der Waals surface area contributed by atoms with E-state index in [2.05, 4.69) is 0 Å². The van der Waals surface area contributed by atoms with Gasteiger partial charge in [-0.2, -0.15) is 0 Å². The molecule has 0 aliphatic heterocycles. The molecule has 1 aromatic heterocycles. The van der Waals surface area contributed by atoms with E-state index in [0.29, 0.717) is 12.4 Å². The van der Waals surface area contributed by atoms with Crippen LogP contribution in [0.2, 0.25) is 0 Å². The topological polar surface area (TPSA) is 68.9 Å². The van der Waals surface area contributed by atoms with Crippen LogP contribution >= 0.6 is 8.32 Å². The molecule has 1 heterocycles. The van der Waals surface area contributed by atoms with E-state index in [1.165, 1.54) is 6.07 Å². The van der Waals surface area contributed by atoms with Crippen molar-refractivity contribution in [1.82, 2.24) is 0 Å². The molecule has 0 unspecified atom stereocenters. The van der Waals surface area contributed by atoms with Gasteiger partial charge in [0.2, 0.25) is 0 Å². The fourth-order valence-corrected chi connectivity index (χ4v) is 3.56. The van der Waals surface area contributed by atoms with Crippen LogP contribution in [0.5, 0.6) is 5.75 Å². The molecule has 0 saturated carbocycles. The van der Waals surface area contributed by atoms with Crippen molar-refractivity contribution in [2.45, 2.75) is 19.8 Å². The van der Waals surface area contributed by atoms with Gasteiger partial charge in [-0.15, -0.1) is 0 Å². The fourth-order valence-electron chi connectivity index (χ4n) is 1.75. The van der Waals surface area contributed by atoms with Crippen LogP contribution in [0, 0.1) is 0 Å². The number of ether oxygens (including phenoxy) is 1. The number of halogens is 1. The molecule has 0 amide bonds. The molecule has 0 spiro atoms. The van der Waals surface area contributed by atoms with Gasteiger partial charge in [0, 0.05) is 0 Å². The Hall–Kier alpha value is -0.898. The van der Waals surface area contributed by atoms with E-state index in [1.54, 1.807) is 0 Å². The molecule has 110 valence electrons. The molecule has 21 heavy (non-hydrogen) atoms. The number of rotatable bonds is 7. The van der Waals surface area contributed by atoms with Crippen LogP contribution in [-0.4, -0.2) is 28.6 Å². The minimum absolute atomic E-state index is 0.0163. The van der Waals surface area contributed by atoms with Gasteiger partial charge in [-0.3, -0.25) is 0 Å². The van der Waals surface area contributed by atoms with Crippen molar-refractivity contribution in [3.63, 3.8) is 0 Å². The second kappa shape index (κ2) is 8.52. The summed E-state index contributed by atoms with van der Waals surface area (Å²) in [7, 11) is 5.61. The van der Waals surface area contributed by atoms with Gasteiger partial charge in [0.05, 0.1) is 0 Å². The van der Waals surface area contributed by atoms with Gasteiger partial charge < -0.3 is 0 Å². The van der Waals surface area contributed by atoms with E-state index in [-0.39, 0.29) is 23.5 Å². The summed E-state index contributed by atoms with van der Waals surface area (Å²) in [5, 5.41) is 9.22. The average Bonchev–Trinajstić information content (AvgIpc) is 2.51. The monoisotopic (exact) mass is 504 g/mol. The van der Waals surface area contributed by atoms with Crippen molar-refractivity contribution in [2.75, 3.05) is 0 Å². The van der Waals surface area contributed by atoms with E-state index >= 15 is 0 Å². The van der Waals surface area contributed by atoms with Gasteiger partial charge in [0.1, 0.15) is 0 Å². The summed E-state index contributed by atoms with van der Waals surface area (Å²) in [5.41, 5.74) is 0.675. The zero-order valence-corrected chi connectivity index (χ0v) is 15.7. The summed E-state index contributed by atoms with van der Waals surface area (Å²) in [6.45, 7) is 0.131. The standard InChI is InChI=1S/C14H14O5.ClH.Pb/c15-7-13-14(17)12(16)6-11(19-13)9-18-8-10-4-2-1-3-5-10;;/h1-6,15,17H,7-9H2;1H;/q;;+2/p-2. The van der Waals surface area contributed by atoms with Crippen molar-refractivity contribution in [3.05, 3.63) is 63.7 Å². The first-order valence-corrected chi connectivity index (χ1v) is 12.5. The molecule has 5 nitrogen and oxygen atoms in total. The predicted octanol–water partition coefficient (Wildman–Crippen LogP) is 2.00. The van der Waals surface area contributed by atoms with Gasteiger partial charge in [0.15, 0.2) is 0 Å². The third-order valence-corrected chi connectivity index (χ3v) is 4.43. The van der Waals surface area contributed by atoms with Gasteiger partial charge in [0.25, 0.3) is 0 Å². The maximum absolute atomic E-state index is 11.9. The maximum atomic E-state index is 11.9. The molecular formula is C14H13ClO5Pb. The average molecular weight is 504 g/mol. The molecule has 0 aliphatic rings. The van der Waals surface area contributed by atoms with Crippen LogP contribution < -0.4 is 8.12 Å². The van der Waals surface area contributed by atoms with Crippen LogP contribution in [0.4, 0.5) is 0 Å². The Morgan fingerprint density at radius 3 is 2.67 bits per heavy atom. The van der Waals surface area contributed by atoms with Crippen LogP contribution in [0.1, 0.15) is 17.1 Å². The fraction of sp³-hybridized carbons (Fsp3) is 0.214. The number of aliphatic hydroxyl groups is 1. The van der Waals surface area contributed by atoms with Gasteiger partial charge in [-0.1, -0.05) is 0 Å². The Bertz CT molecular complexity index is 629. The van der Waals surface area contributed by atoms with Gasteiger partial charge in [-0.25, -0.2) is 0 Å². The van der Waals surface area contributed by atoms with Crippen LogP contribution in [0.25, 0.3) is 0 Å². The molecule has 0 aliphatic carbocycles. The third kappa shape index (κ3) is 4.80. The first-order chi connectivity index (χ1) is 10.2. The summed E-state index contributed by atoms with van der Waals surface area (Å²) in [6.07, 6.45) is 0. The van der Waals surface area contributed by atoms with Crippen molar-refractivity contribution in [2.24, 2.45) is 0 Å². The van der Waals surface area contributed by atoms with Crippen LogP contribution in [0.15, 0.2) is 45.6 Å². The molecular weight excluding hydrogens is 491 g/mol. The van der Waals surface area contributed by atoms with E-state index < -0.39 is 30.1 Å². The van der Waals surface area contributed by atoms with Crippen molar-refractivity contribution >= 4 is 31.8 Å². The van der Waals surface area contributed by atoms with Crippen molar-refractivity contribution < 1.29 is 16.9 Å². The Morgan fingerprint density at radius 1 is 1.24 bits per heavy atom. The quantitative estimate of drug-likeness (QED) is 0.585. The summed E-state index contributed by atoms with van der Waals surface area (Å²) < 4.78 is 16.0. The second-order valence-corrected chi connectivity index (χ2v) is 6.89. The number of benzene rings is 1. The zero-order valence-electron chi connectivity index (χ0n) is 11.0. The summed E-state index contributed by atoms with van der Waals surface area (Å²) in [4.78, 5) is 11.9. The number of hydrogen-bond acceptors (Lipinski definition) is 5. The summed E-state index contributed by atoms with van der Waals surface area (Å²) >= 11 is -1.78. The SMILES string of the molecule is O=c1cc(COCc2ccccc2)oc(CO)c1[O][Pb][Cl]. The second-order valence-electron chi connectivity index (χ2n) is 4.14. The minimum atomic E-state index is -1.78. The molecule has 1 aromatic carbocycles. The van der Waals surface area contributed by atoms with E-state index in [9.17, 15) is 9.90 Å². The molecule has 2 radical (unpaired) electrons. The molecule has 2 rings (SSSR count). The number of hydrogen-bond donors (Lipinski definition) is 1. The molecule has 1 N–H and O–H groups in total. The third-order valence-electron chi connectivity index (χ3n) is 2.66. The molecule has 0 bridgehead atoms. The normalized spacial score (nSPS) is 10.6. The Morgan fingerprint density at radius 2 is 2.00 bits per heavy atom. The Labute approximate surface area is 137 Å². The van der Waals surface area contributed by atoms with E-state index in [0.717, 1.165) is 5.56 Å². The first kappa shape index (κ1) is 16.5. The molecule has 0 atom stereocenters. The van der Waals surface area contributed by atoms with Crippen LogP contribution in [-0.2, 0) is 24.6 Å². The van der Waals surface area contributed by atoms with E-state index in [1.807, 2.05) is 30.3 Å². The van der Waals surface area contributed by atoms with Crippen molar-refractivity contribution in [1.29, 1.82) is 0 Å². The van der Waals surface area contributed by atoms with Crippen LogP contribution in [0.3, 0.4) is 0 Å². The zero-order chi connectivity index (χ0) is 15.1. The molecule has 2 aromatic rings. The summed E-state index contributed by atoms with van der Waals surface area (Å²) in [6, 6.07) is 11.0. The Balaban J connectivity index is 2.03. The van der Waals surface area contributed by atoms with Gasteiger partial charge in [-0.05, 0) is 0 Å². The molecule has 7 heteroatoms. The molecule has 0 saturated heterocycles. The van der Waals surface area contributed by atoms with Gasteiger partial charge >= 0.3 is 138 Å². The molecule has 0 fully saturated rings.